The van der Waals surface area contributed by atoms with Gasteiger partial charge in [0.05, 0.1) is 10.4 Å². The van der Waals surface area contributed by atoms with Crippen LogP contribution in [-0.2, 0) is 0 Å². The second kappa shape index (κ2) is 6.95. The Labute approximate surface area is 134 Å². The van der Waals surface area contributed by atoms with Gasteiger partial charge >= 0.3 is 0 Å². The highest BCUT2D eigenvalue weighted by molar-refractivity contribution is 7.16. The van der Waals surface area contributed by atoms with E-state index in [1.165, 1.54) is 16.0 Å². The zero-order valence-corrected chi connectivity index (χ0v) is 14.3. The number of thiophene rings is 1. The van der Waals surface area contributed by atoms with Gasteiger partial charge in [0.2, 0.25) is 0 Å². The van der Waals surface area contributed by atoms with Crippen molar-refractivity contribution >= 4 is 34.5 Å². The molecule has 1 heterocycles. The van der Waals surface area contributed by atoms with Gasteiger partial charge in [0.15, 0.2) is 0 Å². The Balaban J connectivity index is 2.41. The summed E-state index contributed by atoms with van der Waals surface area (Å²) >= 11 is 13.9. The van der Waals surface area contributed by atoms with E-state index in [-0.39, 0.29) is 6.04 Å². The van der Waals surface area contributed by atoms with E-state index in [1.54, 1.807) is 11.3 Å². The van der Waals surface area contributed by atoms with E-state index in [0.717, 1.165) is 27.9 Å². The Morgan fingerprint density at radius 1 is 1.15 bits per heavy atom. The molecule has 1 nitrogen and oxygen atoms in total. The Morgan fingerprint density at radius 2 is 1.90 bits per heavy atom. The molecule has 108 valence electrons. The van der Waals surface area contributed by atoms with E-state index in [1.807, 2.05) is 19.1 Å². The van der Waals surface area contributed by atoms with Crippen LogP contribution >= 0.6 is 34.5 Å². The van der Waals surface area contributed by atoms with Gasteiger partial charge in [0.25, 0.3) is 0 Å². The minimum absolute atomic E-state index is 0.184. The summed E-state index contributed by atoms with van der Waals surface area (Å²) < 4.78 is 0.870. The van der Waals surface area contributed by atoms with E-state index in [2.05, 4.69) is 31.3 Å². The third-order valence-electron chi connectivity index (χ3n) is 3.30. The molecule has 1 N–H and O–H groups in total. The minimum Gasteiger partial charge on any atom is -0.306 e. The van der Waals surface area contributed by atoms with Gasteiger partial charge in [0, 0.05) is 9.90 Å². The van der Waals surface area contributed by atoms with E-state index in [4.69, 9.17) is 23.2 Å². The number of hydrogen-bond acceptors (Lipinski definition) is 2. The van der Waals surface area contributed by atoms with Crippen LogP contribution in [0.1, 0.15) is 41.0 Å². The molecule has 0 radical (unpaired) electrons. The van der Waals surface area contributed by atoms with Gasteiger partial charge in [-0.05, 0) is 61.7 Å². The molecule has 20 heavy (non-hydrogen) atoms. The summed E-state index contributed by atoms with van der Waals surface area (Å²) in [6.07, 6.45) is 1.10. The molecule has 1 unspecified atom stereocenters. The minimum atomic E-state index is 0.184. The van der Waals surface area contributed by atoms with Crippen molar-refractivity contribution in [1.82, 2.24) is 5.32 Å². The number of benzene rings is 1. The van der Waals surface area contributed by atoms with Gasteiger partial charge in [-0.25, -0.2) is 0 Å². The number of aryl methyl sites for hydroxylation is 2. The quantitative estimate of drug-likeness (QED) is 0.736. The van der Waals surface area contributed by atoms with Crippen LogP contribution in [0.4, 0.5) is 0 Å². The van der Waals surface area contributed by atoms with Crippen molar-refractivity contribution in [2.24, 2.45) is 0 Å². The Kier molecular flexibility index (Phi) is 5.50. The third kappa shape index (κ3) is 3.56. The molecule has 2 aromatic rings. The summed E-state index contributed by atoms with van der Waals surface area (Å²) in [6, 6.07) is 8.43. The zero-order chi connectivity index (χ0) is 14.7. The lowest BCUT2D eigenvalue weighted by atomic mass is 9.99. The number of hydrogen-bond donors (Lipinski definition) is 1. The van der Waals surface area contributed by atoms with Crippen LogP contribution in [0.5, 0.6) is 0 Å². The molecule has 0 amide bonds. The predicted octanol–water partition coefficient (Wildman–Crippen LogP) is 5.76. The molecule has 4 heteroatoms. The maximum atomic E-state index is 6.23. The molecule has 0 bridgehead atoms. The maximum absolute atomic E-state index is 6.23. The summed E-state index contributed by atoms with van der Waals surface area (Å²) in [5.74, 6) is 0. The maximum Gasteiger partial charge on any atom is 0.0961 e. The number of nitrogens with one attached hydrogen (secondary N) is 1. The summed E-state index contributed by atoms with van der Waals surface area (Å²) in [7, 11) is 0. The van der Waals surface area contributed by atoms with Crippen LogP contribution in [0.3, 0.4) is 0 Å². The molecular weight excluding hydrogens is 309 g/mol. The molecule has 0 saturated carbocycles. The van der Waals surface area contributed by atoms with Gasteiger partial charge in [-0.1, -0.05) is 36.2 Å². The number of rotatable bonds is 5. The Bertz CT molecular complexity index is 573. The monoisotopic (exact) mass is 327 g/mol. The first-order chi connectivity index (χ1) is 9.52. The SMILES string of the molecule is CCCNC(c1cc(C)c(Cl)s1)c1ccc(Cl)cc1C. The molecule has 0 aliphatic rings. The van der Waals surface area contributed by atoms with Crippen LogP contribution in [0.15, 0.2) is 24.3 Å². The van der Waals surface area contributed by atoms with Gasteiger partial charge in [-0.2, -0.15) is 0 Å². The van der Waals surface area contributed by atoms with Crippen molar-refractivity contribution in [1.29, 1.82) is 0 Å². The van der Waals surface area contributed by atoms with Gasteiger partial charge in [-0.3, -0.25) is 0 Å². The summed E-state index contributed by atoms with van der Waals surface area (Å²) in [6.45, 7) is 7.30. The molecule has 1 aromatic heterocycles. The Hall–Kier alpha value is -0.540. The topological polar surface area (TPSA) is 12.0 Å². The lowest BCUT2D eigenvalue weighted by Gasteiger charge is -2.20. The van der Waals surface area contributed by atoms with E-state index in [9.17, 15) is 0 Å². The summed E-state index contributed by atoms with van der Waals surface area (Å²) in [5, 5.41) is 4.39. The van der Waals surface area contributed by atoms with Crippen molar-refractivity contribution in [2.75, 3.05) is 6.54 Å². The van der Waals surface area contributed by atoms with Crippen LogP contribution in [0.2, 0.25) is 9.36 Å². The molecule has 0 spiro atoms. The molecular formula is C16H19Cl2NS. The fourth-order valence-corrected chi connectivity index (χ4v) is 3.78. The van der Waals surface area contributed by atoms with Gasteiger partial charge in [0.1, 0.15) is 0 Å². The zero-order valence-electron chi connectivity index (χ0n) is 12.0. The fraction of sp³-hybridized carbons (Fsp3) is 0.375. The second-order valence-corrected chi connectivity index (χ2v) is 7.12. The van der Waals surface area contributed by atoms with Crippen LogP contribution in [-0.4, -0.2) is 6.54 Å². The lowest BCUT2D eigenvalue weighted by Crippen LogP contribution is -2.23. The molecule has 0 aliphatic heterocycles. The predicted molar refractivity (Wildman–Crippen MR) is 90.4 cm³/mol. The highest BCUT2D eigenvalue weighted by Gasteiger charge is 2.18. The normalized spacial score (nSPS) is 12.7. The Morgan fingerprint density at radius 3 is 2.45 bits per heavy atom. The molecule has 2 rings (SSSR count). The van der Waals surface area contributed by atoms with Crippen LogP contribution in [0.25, 0.3) is 0 Å². The first kappa shape index (κ1) is 15.8. The first-order valence-electron chi connectivity index (χ1n) is 6.78. The van der Waals surface area contributed by atoms with E-state index in [0.29, 0.717) is 0 Å². The largest absolute Gasteiger partial charge is 0.306 e. The van der Waals surface area contributed by atoms with Crippen molar-refractivity contribution in [2.45, 2.75) is 33.2 Å². The highest BCUT2D eigenvalue weighted by atomic mass is 35.5. The van der Waals surface area contributed by atoms with Crippen molar-refractivity contribution in [3.8, 4) is 0 Å². The number of halogens is 2. The van der Waals surface area contributed by atoms with Gasteiger partial charge in [-0.15, -0.1) is 11.3 Å². The molecule has 0 saturated heterocycles. The van der Waals surface area contributed by atoms with Gasteiger partial charge < -0.3 is 5.32 Å². The summed E-state index contributed by atoms with van der Waals surface area (Å²) in [5.41, 5.74) is 3.61. The standard InChI is InChI=1S/C16H19Cl2NS/c1-4-7-19-15(14-9-11(3)16(18)20-14)13-6-5-12(17)8-10(13)2/h5-6,8-9,15,19H,4,7H2,1-3H3. The fourth-order valence-electron chi connectivity index (χ4n) is 2.24. The van der Waals surface area contributed by atoms with Crippen molar-refractivity contribution < 1.29 is 0 Å². The highest BCUT2D eigenvalue weighted by Crippen LogP contribution is 2.35. The smallest absolute Gasteiger partial charge is 0.0961 e. The van der Waals surface area contributed by atoms with Crippen molar-refractivity contribution in [3.05, 3.63) is 55.2 Å². The lowest BCUT2D eigenvalue weighted by molar-refractivity contribution is 0.603. The van der Waals surface area contributed by atoms with E-state index >= 15 is 0 Å². The average Bonchev–Trinajstić information content (AvgIpc) is 2.72. The third-order valence-corrected chi connectivity index (χ3v) is 5.16. The molecule has 0 fully saturated rings. The molecule has 0 aliphatic carbocycles. The van der Waals surface area contributed by atoms with E-state index < -0.39 is 0 Å². The second-order valence-electron chi connectivity index (χ2n) is 4.99. The first-order valence-corrected chi connectivity index (χ1v) is 8.35. The summed E-state index contributed by atoms with van der Waals surface area (Å²) in [4.78, 5) is 1.26. The van der Waals surface area contributed by atoms with Crippen molar-refractivity contribution in [3.63, 3.8) is 0 Å². The average molecular weight is 328 g/mol. The van der Waals surface area contributed by atoms with Crippen LogP contribution in [0, 0.1) is 13.8 Å². The molecule has 1 aromatic carbocycles. The molecule has 1 atom stereocenters. The van der Waals surface area contributed by atoms with Crippen LogP contribution < -0.4 is 5.32 Å².